The van der Waals surface area contributed by atoms with Gasteiger partial charge in [-0.2, -0.15) is 5.10 Å². The Bertz CT molecular complexity index is 462. The fraction of sp³-hybridized carbons (Fsp3) is 0.812. The van der Waals surface area contributed by atoms with Crippen LogP contribution in [0.25, 0.3) is 0 Å². The van der Waals surface area contributed by atoms with E-state index in [0.29, 0.717) is 5.92 Å². The van der Waals surface area contributed by atoms with Gasteiger partial charge < -0.3 is 5.73 Å². The molecule has 0 aromatic carbocycles. The van der Waals surface area contributed by atoms with Crippen molar-refractivity contribution >= 4 is 0 Å². The number of nitrogens with two attached hydrogens (primary N) is 1. The van der Waals surface area contributed by atoms with E-state index in [-0.39, 0.29) is 6.04 Å². The lowest BCUT2D eigenvalue weighted by Crippen LogP contribution is -2.48. The summed E-state index contributed by atoms with van der Waals surface area (Å²) in [6, 6.07) is 0.153. The van der Waals surface area contributed by atoms with Crippen LogP contribution < -0.4 is 5.73 Å². The van der Waals surface area contributed by atoms with E-state index < -0.39 is 0 Å². The number of aromatic nitrogens is 2. The molecule has 104 valence electrons. The summed E-state index contributed by atoms with van der Waals surface area (Å²) in [6.07, 6.45) is 7.26. The third-order valence-electron chi connectivity index (χ3n) is 6.32. The topological polar surface area (TPSA) is 54.7 Å². The van der Waals surface area contributed by atoms with Crippen LogP contribution in [-0.4, -0.2) is 10.2 Å². The molecule has 4 saturated carbocycles. The molecule has 0 spiro atoms. The van der Waals surface area contributed by atoms with Gasteiger partial charge in [0, 0.05) is 5.69 Å². The number of hydrogen-bond acceptors (Lipinski definition) is 2. The molecule has 4 aliphatic rings. The van der Waals surface area contributed by atoms with Gasteiger partial charge in [0.05, 0.1) is 11.7 Å². The van der Waals surface area contributed by atoms with Crippen LogP contribution in [0.4, 0.5) is 0 Å². The minimum Gasteiger partial charge on any atom is -0.322 e. The summed E-state index contributed by atoms with van der Waals surface area (Å²) in [7, 11) is 0. The summed E-state index contributed by atoms with van der Waals surface area (Å²) < 4.78 is 0. The van der Waals surface area contributed by atoms with E-state index >= 15 is 0 Å². The first-order valence-electron chi connectivity index (χ1n) is 7.90. The van der Waals surface area contributed by atoms with Gasteiger partial charge in [-0.25, -0.2) is 0 Å². The van der Waals surface area contributed by atoms with Crippen molar-refractivity contribution in [1.82, 2.24) is 10.2 Å². The molecular formula is C16H25N3. The third-order valence-corrected chi connectivity index (χ3v) is 6.32. The molecule has 3 nitrogen and oxygen atoms in total. The fourth-order valence-electron chi connectivity index (χ4n) is 5.56. The molecule has 3 N–H and O–H groups in total. The lowest BCUT2D eigenvalue weighted by molar-refractivity contribution is -0.0477. The summed E-state index contributed by atoms with van der Waals surface area (Å²) in [5.74, 6) is 4.49. The molecule has 3 heteroatoms. The highest BCUT2D eigenvalue weighted by atomic mass is 15.1. The summed E-state index contributed by atoms with van der Waals surface area (Å²) in [6.45, 7) is 4.25. The molecule has 4 aliphatic carbocycles. The zero-order valence-electron chi connectivity index (χ0n) is 12.0. The highest BCUT2D eigenvalue weighted by molar-refractivity contribution is 5.26. The summed E-state index contributed by atoms with van der Waals surface area (Å²) >= 11 is 0. The molecule has 5 rings (SSSR count). The Morgan fingerprint density at radius 1 is 1.05 bits per heavy atom. The second-order valence-corrected chi connectivity index (χ2v) is 7.39. The van der Waals surface area contributed by atoms with Gasteiger partial charge >= 0.3 is 0 Å². The Hall–Kier alpha value is -0.830. The maximum absolute atomic E-state index is 6.65. The van der Waals surface area contributed by atoms with Gasteiger partial charge in [0.1, 0.15) is 0 Å². The van der Waals surface area contributed by atoms with Crippen LogP contribution >= 0.6 is 0 Å². The van der Waals surface area contributed by atoms with Crippen LogP contribution in [-0.2, 0) is 0 Å². The maximum atomic E-state index is 6.65. The Morgan fingerprint density at radius 3 is 2.11 bits per heavy atom. The minimum atomic E-state index is 0.153. The van der Waals surface area contributed by atoms with E-state index in [1.807, 2.05) is 0 Å². The Labute approximate surface area is 115 Å². The summed E-state index contributed by atoms with van der Waals surface area (Å²) in [5.41, 5.74) is 10.2. The van der Waals surface area contributed by atoms with E-state index in [4.69, 9.17) is 5.73 Å². The van der Waals surface area contributed by atoms with Crippen molar-refractivity contribution < 1.29 is 0 Å². The molecule has 1 aromatic rings. The minimum absolute atomic E-state index is 0.153. The highest BCUT2D eigenvalue weighted by Crippen LogP contribution is 2.58. The summed E-state index contributed by atoms with van der Waals surface area (Å²) in [5, 5.41) is 7.61. The maximum Gasteiger partial charge on any atom is 0.0824 e. The van der Waals surface area contributed by atoms with Crippen molar-refractivity contribution in [2.75, 3.05) is 0 Å². The number of rotatable bonds is 2. The van der Waals surface area contributed by atoms with Gasteiger partial charge in [0.15, 0.2) is 0 Å². The van der Waals surface area contributed by atoms with E-state index in [0.717, 1.165) is 29.4 Å². The Morgan fingerprint density at radius 2 is 1.63 bits per heavy atom. The Kier molecular flexibility index (Phi) is 2.57. The molecule has 1 heterocycles. The Balaban J connectivity index is 1.64. The van der Waals surface area contributed by atoms with Gasteiger partial charge in [-0.1, -0.05) is 0 Å². The van der Waals surface area contributed by atoms with Crippen molar-refractivity contribution in [2.24, 2.45) is 35.3 Å². The second kappa shape index (κ2) is 4.08. The van der Waals surface area contributed by atoms with Gasteiger partial charge in [0.2, 0.25) is 0 Å². The number of hydrogen-bond donors (Lipinski definition) is 2. The summed E-state index contributed by atoms with van der Waals surface area (Å²) in [4.78, 5) is 0. The van der Waals surface area contributed by atoms with E-state index in [1.54, 1.807) is 0 Å². The lowest BCUT2D eigenvalue weighted by Gasteiger charge is -2.55. The molecule has 1 unspecified atom stereocenters. The molecule has 0 saturated heterocycles. The van der Waals surface area contributed by atoms with Crippen molar-refractivity contribution in [3.8, 4) is 0 Å². The fourth-order valence-corrected chi connectivity index (χ4v) is 5.56. The van der Waals surface area contributed by atoms with E-state index in [2.05, 4.69) is 24.0 Å². The first-order valence-corrected chi connectivity index (χ1v) is 7.90. The molecule has 19 heavy (non-hydrogen) atoms. The first kappa shape index (κ1) is 12.0. The van der Waals surface area contributed by atoms with Crippen LogP contribution in [0.5, 0.6) is 0 Å². The van der Waals surface area contributed by atoms with Gasteiger partial charge in [0.25, 0.3) is 0 Å². The largest absolute Gasteiger partial charge is 0.322 e. The normalized spacial score (nSPS) is 41.7. The molecule has 0 amide bonds. The van der Waals surface area contributed by atoms with Crippen LogP contribution in [0, 0.1) is 43.4 Å². The second-order valence-electron chi connectivity index (χ2n) is 7.39. The van der Waals surface area contributed by atoms with Gasteiger partial charge in [-0.05, 0) is 81.1 Å². The molecule has 0 aliphatic heterocycles. The molecule has 1 aromatic heterocycles. The van der Waals surface area contributed by atoms with Gasteiger partial charge in [-0.3, -0.25) is 5.10 Å². The van der Waals surface area contributed by atoms with Crippen molar-refractivity contribution in [1.29, 1.82) is 0 Å². The lowest BCUT2D eigenvalue weighted by atomic mass is 9.50. The number of H-pyrrole nitrogens is 1. The van der Waals surface area contributed by atoms with Crippen LogP contribution in [0.2, 0.25) is 0 Å². The average Bonchev–Trinajstić information content (AvgIpc) is 2.68. The number of aromatic amines is 1. The zero-order valence-corrected chi connectivity index (χ0v) is 12.0. The van der Waals surface area contributed by atoms with Crippen molar-refractivity contribution in [2.45, 2.75) is 52.0 Å². The molecule has 4 bridgehead atoms. The van der Waals surface area contributed by atoms with Crippen molar-refractivity contribution in [3.05, 3.63) is 17.0 Å². The molecule has 1 atom stereocenters. The zero-order chi connectivity index (χ0) is 13.1. The smallest absolute Gasteiger partial charge is 0.0824 e. The van der Waals surface area contributed by atoms with Crippen LogP contribution in [0.1, 0.15) is 55.1 Å². The SMILES string of the molecule is Cc1[nH]nc(C(N)C2C3CC4CC(C3)CC2C4)c1C. The monoisotopic (exact) mass is 259 g/mol. The average molecular weight is 259 g/mol. The standard InChI is InChI=1S/C16H25N3/c1-8-9(2)18-19-16(8)15(17)14-12-4-10-3-11(6-12)7-13(14)5-10/h10-15H,3-7,17H2,1-2H3,(H,18,19). The predicted molar refractivity (Wildman–Crippen MR) is 75.5 cm³/mol. The number of nitrogens with zero attached hydrogens (tertiary/aromatic N) is 1. The number of aryl methyl sites for hydroxylation is 1. The quantitative estimate of drug-likeness (QED) is 0.857. The molecule has 0 radical (unpaired) electrons. The predicted octanol–water partition coefficient (Wildman–Crippen LogP) is 3.10. The van der Waals surface area contributed by atoms with Crippen LogP contribution in [0.15, 0.2) is 0 Å². The van der Waals surface area contributed by atoms with Crippen molar-refractivity contribution in [3.63, 3.8) is 0 Å². The van der Waals surface area contributed by atoms with Crippen LogP contribution in [0.3, 0.4) is 0 Å². The molecule has 4 fully saturated rings. The highest BCUT2D eigenvalue weighted by Gasteiger charge is 2.50. The number of nitrogens with one attached hydrogen (secondary N) is 1. The van der Waals surface area contributed by atoms with E-state index in [1.165, 1.54) is 43.4 Å². The first-order chi connectivity index (χ1) is 9.13. The van der Waals surface area contributed by atoms with Gasteiger partial charge in [-0.15, -0.1) is 0 Å². The van der Waals surface area contributed by atoms with E-state index in [9.17, 15) is 0 Å². The molecular weight excluding hydrogens is 234 g/mol. The third kappa shape index (κ3) is 1.70.